The van der Waals surface area contributed by atoms with Crippen molar-refractivity contribution in [3.05, 3.63) is 35.4 Å². The Bertz CT molecular complexity index is 438. The Labute approximate surface area is 101 Å². The Balaban J connectivity index is 2.65. The molecule has 0 aromatic heterocycles. The molecule has 1 N–H and O–H groups in total. The van der Waals surface area contributed by atoms with Crippen LogP contribution in [0.3, 0.4) is 0 Å². The third kappa shape index (κ3) is 4.36. The SMILES string of the molecule is COC(=O)c1ccc(CS(=O)CC(=O)O)cc1. The zero-order valence-corrected chi connectivity index (χ0v) is 10.0. The molecular weight excluding hydrogens is 244 g/mol. The van der Waals surface area contributed by atoms with Gasteiger partial charge in [-0.3, -0.25) is 9.00 Å². The first-order valence-electron chi connectivity index (χ1n) is 4.77. The first-order valence-corrected chi connectivity index (χ1v) is 6.25. The standard InChI is InChI=1S/C11H12O5S/c1-16-11(14)9-4-2-8(3-5-9)6-17(15)7-10(12)13/h2-5H,6-7H2,1H3,(H,12,13). The molecular formula is C11H12O5S. The maximum atomic E-state index is 11.3. The fraction of sp³-hybridized carbons (Fsp3) is 0.273. The van der Waals surface area contributed by atoms with Gasteiger partial charge in [0, 0.05) is 16.6 Å². The number of carbonyl (C=O) groups is 2. The topological polar surface area (TPSA) is 80.7 Å². The van der Waals surface area contributed by atoms with Crippen LogP contribution in [0.1, 0.15) is 15.9 Å². The molecule has 0 aliphatic carbocycles. The number of rotatable bonds is 5. The predicted octanol–water partition coefficient (Wildman–Crippen LogP) is 0.806. The van der Waals surface area contributed by atoms with Gasteiger partial charge in [-0.05, 0) is 17.7 Å². The van der Waals surface area contributed by atoms with Gasteiger partial charge < -0.3 is 9.84 Å². The number of carbonyl (C=O) groups excluding carboxylic acids is 1. The molecule has 0 radical (unpaired) electrons. The summed E-state index contributed by atoms with van der Waals surface area (Å²) in [5.41, 5.74) is 1.12. The zero-order chi connectivity index (χ0) is 12.8. The molecule has 0 fully saturated rings. The van der Waals surface area contributed by atoms with Gasteiger partial charge in [0.2, 0.25) is 0 Å². The van der Waals surface area contributed by atoms with Crippen LogP contribution < -0.4 is 0 Å². The molecule has 0 saturated heterocycles. The quantitative estimate of drug-likeness (QED) is 0.788. The summed E-state index contributed by atoms with van der Waals surface area (Å²) >= 11 is 0. The number of benzene rings is 1. The van der Waals surface area contributed by atoms with Crippen molar-refractivity contribution in [1.29, 1.82) is 0 Å². The first kappa shape index (κ1) is 13.4. The van der Waals surface area contributed by atoms with E-state index in [1.165, 1.54) is 7.11 Å². The van der Waals surface area contributed by atoms with E-state index in [0.717, 1.165) is 5.56 Å². The molecule has 1 aromatic rings. The first-order chi connectivity index (χ1) is 8.02. The molecule has 17 heavy (non-hydrogen) atoms. The van der Waals surface area contributed by atoms with Crippen LogP contribution in [0, 0.1) is 0 Å². The van der Waals surface area contributed by atoms with Crippen molar-refractivity contribution in [3.8, 4) is 0 Å². The van der Waals surface area contributed by atoms with E-state index in [9.17, 15) is 13.8 Å². The molecule has 92 valence electrons. The highest BCUT2D eigenvalue weighted by molar-refractivity contribution is 7.84. The molecule has 0 bridgehead atoms. The van der Waals surface area contributed by atoms with Gasteiger partial charge in [-0.1, -0.05) is 12.1 Å². The second-order valence-electron chi connectivity index (χ2n) is 3.31. The highest BCUT2D eigenvalue weighted by Gasteiger charge is 2.08. The fourth-order valence-corrected chi connectivity index (χ4v) is 2.17. The predicted molar refractivity (Wildman–Crippen MR) is 62.1 cm³/mol. The Morgan fingerprint density at radius 2 is 1.88 bits per heavy atom. The lowest BCUT2D eigenvalue weighted by Crippen LogP contribution is -2.10. The average molecular weight is 256 g/mol. The molecule has 1 aromatic carbocycles. The van der Waals surface area contributed by atoms with Crippen LogP contribution in [0.4, 0.5) is 0 Å². The fourth-order valence-electron chi connectivity index (χ4n) is 1.23. The molecule has 0 heterocycles. The number of carboxylic acids is 1. The van der Waals surface area contributed by atoms with Crippen LogP contribution in [-0.2, 0) is 26.1 Å². The van der Waals surface area contributed by atoms with Gasteiger partial charge in [0.15, 0.2) is 0 Å². The van der Waals surface area contributed by atoms with Crippen LogP contribution in [0.5, 0.6) is 0 Å². The van der Waals surface area contributed by atoms with E-state index in [4.69, 9.17) is 5.11 Å². The van der Waals surface area contributed by atoms with E-state index in [-0.39, 0.29) is 11.5 Å². The number of aliphatic carboxylic acids is 1. The minimum Gasteiger partial charge on any atom is -0.481 e. The van der Waals surface area contributed by atoms with Gasteiger partial charge in [0.1, 0.15) is 5.75 Å². The van der Waals surface area contributed by atoms with Crippen LogP contribution in [0.2, 0.25) is 0 Å². The number of carboxylic acid groups (broad SMARTS) is 1. The third-order valence-electron chi connectivity index (χ3n) is 1.99. The van der Waals surface area contributed by atoms with Gasteiger partial charge in [0.25, 0.3) is 0 Å². The van der Waals surface area contributed by atoms with Gasteiger partial charge in [-0.2, -0.15) is 0 Å². The summed E-state index contributed by atoms with van der Waals surface area (Å²) in [6.45, 7) is 0. The highest BCUT2D eigenvalue weighted by atomic mass is 32.2. The maximum Gasteiger partial charge on any atom is 0.337 e. The monoisotopic (exact) mass is 256 g/mol. The molecule has 5 nitrogen and oxygen atoms in total. The lowest BCUT2D eigenvalue weighted by molar-refractivity contribution is -0.133. The van der Waals surface area contributed by atoms with Gasteiger partial charge in [-0.25, -0.2) is 4.79 Å². The lowest BCUT2D eigenvalue weighted by atomic mass is 10.1. The highest BCUT2D eigenvalue weighted by Crippen LogP contribution is 2.08. The molecule has 0 saturated carbocycles. The van der Waals surface area contributed by atoms with Crippen LogP contribution >= 0.6 is 0 Å². The number of hydrogen-bond donors (Lipinski definition) is 1. The second kappa shape index (κ2) is 6.15. The molecule has 1 atom stereocenters. The summed E-state index contributed by atoms with van der Waals surface area (Å²) in [5, 5.41) is 8.46. The number of hydrogen-bond acceptors (Lipinski definition) is 4. The van der Waals surface area contributed by atoms with E-state index < -0.39 is 22.7 Å². The van der Waals surface area contributed by atoms with Crippen molar-refractivity contribution in [2.24, 2.45) is 0 Å². The summed E-state index contributed by atoms with van der Waals surface area (Å²) in [7, 11) is -0.146. The number of ether oxygens (including phenoxy) is 1. The summed E-state index contributed by atoms with van der Waals surface area (Å²) in [6.07, 6.45) is 0. The van der Waals surface area contributed by atoms with Crippen molar-refractivity contribution in [2.75, 3.05) is 12.9 Å². The number of methoxy groups -OCH3 is 1. The Morgan fingerprint density at radius 3 is 2.35 bits per heavy atom. The van der Waals surface area contributed by atoms with Crippen LogP contribution in [0.15, 0.2) is 24.3 Å². The van der Waals surface area contributed by atoms with E-state index in [2.05, 4.69) is 4.74 Å². The van der Waals surface area contributed by atoms with E-state index in [1.807, 2.05) is 0 Å². The summed E-state index contributed by atoms with van der Waals surface area (Å²) < 4.78 is 15.9. The normalized spacial score (nSPS) is 11.8. The average Bonchev–Trinajstić information content (AvgIpc) is 2.28. The molecule has 1 unspecified atom stereocenters. The lowest BCUT2D eigenvalue weighted by Gasteiger charge is -2.02. The Hall–Kier alpha value is -1.69. The second-order valence-corrected chi connectivity index (χ2v) is 4.77. The molecule has 1 rings (SSSR count). The largest absolute Gasteiger partial charge is 0.481 e. The Kier molecular flexibility index (Phi) is 4.84. The third-order valence-corrected chi connectivity index (χ3v) is 3.21. The Morgan fingerprint density at radius 1 is 1.29 bits per heavy atom. The van der Waals surface area contributed by atoms with E-state index >= 15 is 0 Å². The minimum atomic E-state index is -1.44. The zero-order valence-electron chi connectivity index (χ0n) is 9.21. The van der Waals surface area contributed by atoms with Crippen LogP contribution in [0.25, 0.3) is 0 Å². The van der Waals surface area contributed by atoms with E-state index in [0.29, 0.717) is 5.56 Å². The van der Waals surface area contributed by atoms with Crippen molar-refractivity contribution >= 4 is 22.7 Å². The van der Waals surface area contributed by atoms with Crippen molar-refractivity contribution in [1.82, 2.24) is 0 Å². The summed E-state index contributed by atoms with van der Waals surface area (Å²) in [5.74, 6) is -1.75. The van der Waals surface area contributed by atoms with Crippen LogP contribution in [-0.4, -0.2) is 34.1 Å². The molecule has 0 amide bonds. The van der Waals surface area contributed by atoms with Gasteiger partial charge in [-0.15, -0.1) is 0 Å². The molecule has 6 heteroatoms. The van der Waals surface area contributed by atoms with Gasteiger partial charge in [0.05, 0.1) is 12.7 Å². The molecule has 0 aliphatic heterocycles. The molecule has 0 spiro atoms. The van der Waals surface area contributed by atoms with Crippen molar-refractivity contribution < 1.29 is 23.6 Å². The smallest absolute Gasteiger partial charge is 0.337 e. The maximum absolute atomic E-state index is 11.3. The van der Waals surface area contributed by atoms with Crippen molar-refractivity contribution in [2.45, 2.75) is 5.75 Å². The summed E-state index contributed by atoms with van der Waals surface area (Å²) in [4.78, 5) is 21.5. The van der Waals surface area contributed by atoms with Gasteiger partial charge >= 0.3 is 11.9 Å². The number of esters is 1. The van der Waals surface area contributed by atoms with E-state index in [1.54, 1.807) is 24.3 Å². The van der Waals surface area contributed by atoms with Crippen molar-refractivity contribution in [3.63, 3.8) is 0 Å². The molecule has 0 aliphatic rings. The minimum absolute atomic E-state index is 0.160. The summed E-state index contributed by atoms with van der Waals surface area (Å²) in [6, 6.07) is 6.37.